The largest absolute Gasteiger partial charge is 0.360 e. The van der Waals surface area contributed by atoms with Crippen LogP contribution < -0.4 is 4.31 Å². The van der Waals surface area contributed by atoms with Gasteiger partial charge < -0.3 is 9.42 Å². The average molecular weight is 361 g/mol. The average Bonchev–Trinajstić information content (AvgIpc) is 3.05. The Kier molecular flexibility index (Phi) is 3.70. The molecule has 7 heteroatoms. The molecule has 6 nitrogen and oxygen atoms in total. The number of likely N-dealkylation sites (N-methyl/N-ethyl adjacent to an activating group) is 1. The van der Waals surface area contributed by atoms with E-state index in [1.54, 1.807) is 18.2 Å². The van der Waals surface area contributed by atoms with E-state index < -0.39 is 10.0 Å². The van der Waals surface area contributed by atoms with E-state index in [0.29, 0.717) is 11.5 Å². The molecule has 1 aromatic heterocycles. The van der Waals surface area contributed by atoms with Crippen LogP contribution in [0.25, 0.3) is 0 Å². The lowest BCUT2D eigenvalue weighted by Crippen LogP contribution is -2.47. The summed E-state index contributed by atoms with van der Waals surface area (Å²) in [7, 11) is -1.62. The van der Waals surface area contributed by atoms with Crippen LogP contribution in [0.4, 0.5) is 5.69 Å². The summed E-state index contributed by atoms with van der Waals surface area (Å²) in [6.45, 7) is 7.15. The van der Waals surface area contributed by atoms with E-state index in [2.05, 4.69) is 23.2 Å². The first-order chi connectivity index (χ1) is 11.8. The van der Waals surface area contributed by atoms with Crippen molar-refractivity contribution >= 4 is 15.7 Å². The first-order valence-electron chi connectivity index (χ1n) is 8.57. The van der Waals surface area contributed by atoms with Crippen molar-refractivity contribution in [2.75, 3.05) is 24.4 Å². The minimum atomic E-state index is -3.71. The van der Waals surface area contributed by atoms with E-state index in [4.69, 9.17) is 4.52 Å². The first-order valence-corrected chi connectivity index (χ1v) is 10.0. The van der Waals surface area contributed by atoms with E-state index in [0.717, 1.165) is 36.3 Å². The lowest BCUT2D eigenvalue weighted by Gasteiger charge is -2.36. The highest BCUT2D eigenvalue weighted by atomic mass is 32.2. The number of benzene rings is 1. The predicted molar refractivity (Wildman–Crippen MR) is 95.5 cm³/mol. The van der Waals surface area contributed by atoms with E-state index in [1.165, 1.54) is 0 Å². The summed E-state index contributed by atoms with van der Waals surface area (Å²) in [6, 6.07) is 6.01. The number of nitrogens with zero attached hydrogens (tertiary/aromatic N) is 3. The molecule has 3 heterocycles. The van der Waals surface area contributed by atoms with Crippen LogP contribution in [-0.2, 0) is 10.0 Å². The van der Waals surface area contributed by atoms with Crippen LogP contribution in [0.3, 0.4) is 0 Å². The number of fused-ring (bicyclic) bond motifs is 3. The molecular formula is C18H23N3O3S. The van der Waals surface area contributed by atoms with Gasteiger partial charge in [0.25, 0.3) is 10.0 Å². The minimum absolute atomic E-state index is 0.0494. The maximum atomic E-state index is 13.5. The summed E-state index contributed by atoms with van der Waals surface area (Å²) in [4.78, 5) is 2.48. The zero-order chi connectivity index (χ0) is 17.9. The highest BCUT2D eigenvalue weighted by Gasteiger charge is 2.47. The second kappa shape index (κ2) is 5.57. The van der Waals surface area contributed by atoms with Gasteiger partial charge in [0.05, 0.1) is 11.7 Å². The van der Waals surface area contributed by atoms with Crippen molar-refractivity contribution in [3.8, 4) is 0 Å². The summed E-state index contributed by atoms with van der Waals surface area (Å²) in [5.74, 6) is 0.548. The Hall–Kier alpha value is -1.86. The topological polar surface area (TPSA) is 66.7 Å². The molecule has 1 saturated heterocycles. The normalized spacial score (nSPS) is 23.6. The summed E-state index contributed by atoms with van der Waals surface area (Å²) in [5, 5.41) is 3.85. The molecule has 0 spiro atoms. The summed E-state index contributed by atoms with van der Waals surface area (Å²) < 4.78 is 33.8. The molecule has 0 saturated carbocycles. The number of aryl methyl sites for hydroxylation is 3. The van der Waals surface area contributed by atoms with Crippen molar-refractivity contribution < 1.29 is 12.9 Å². The smallest absolute Gasteiger partial charge is 0.270 e. The summed E-state index contributed by atoms with van der Waals surface area (Å²) in [5.41, 5.74) is 3.51. The molecule has 0 aliphatic carbocycles. The molecule has 134 valence electrons. The van der Waals surface area contributed by atoms with Crippen molar-refractivity contribution in [1.82, 2.24) is 10.1 Å². The van der Waals surface area contributed by atoms with Gasteiger partial charge in [0.15, 0.2) is 10.7 Å². The zero-order valence-corrected chi connectivity index (χ0v) is 15.8. The molecule has 0 radical (unpaired) electrons. The summed E-state index contributed by atoms with van der Waals surface area (Å²) in [6.07, 6.45) is 0.817. The number of anilines is 1. The first kappa shape index (κ1) is 16.6. The van der Waals surface area contributed by atoms with Gasteiger partial charge in [-0.05, 0) is 52.4 Å². The highest BCUT2D eigenvalue weighted by Crippen LogP contribution is 2.47. The highest BCUT2D eigenvalue weighted by molar-refractivity contribution is 7.93. The standard InChI is InChI=1S/C18H23N3O3S/c1-11-5-6-16-14(9-11)15-10-20(4)8-7-17(15)21(16)25(22,23)18-12(2)19-24-13(18)3/h5-6,9,15,17H,7-8,10H2,1-4H3/t15-,17+/m0/s1. The van der Waals surface area contributed by atoms with Gasteiger partial charge in [-0.2, -0.15) is 0 Å². The number of sulfonamides is 1. The molecular weight excluding hydrogens is 338 g/mol. The molecule has 2 aliphatic heterocycles. The molecule has 1 aromatic carbocycles. The Balaban J connectivity index is 1.90. The van der Waals surface area contributed by atoms with Gasteiger partial charge in [-0.1, -0.05) is 22.9 Å². The second-order valence-electron chi connectivity index (χ2n) is 7.24. The fraction of sp³-hybridized carbons (Fsp3) is 0.500. The van der Waals surface area contributed by atoms with E-state index in [9.17, 15) is 8.42 Å². The minimum Gasteiger partial charge on any atom is -0.360 e. The van der Waals surface area contributed by atoms with Gasteiger partial charge in [-0.25, -0.2) is 8.42 Å². The van der Waals surface area contributed by atoms with Crippen molar-refractivity contribution in [2.24, 2.45) is 0 Å². The van der Waals surface area contributed by atoms with E-state index in [-0.39, 0.29) is 16.9 Å². The second-order valence-corrected chi connectivity index (χ2v) is 8.99. The number of piperidine rings is 1. The maximum absolute atomic E-state index is 13.5. The van der Waals surface area contributed by atoms with Crippen molar-refractivity contribution in [3.05, 3.63) is 40.8 Å². The van der Waals surface area contributed by atoms with Gasteiger partial charge in [0, 0.05) is 12.5 Å². The molecule has 0 N–H and O–H groups in total. The van der Waals surface area contributed by atoms with Crippen LogP contribution in [0.15, 0.2) is 27.6 Å². The van der Waals surface area contributed by atoms with Gasteiger partial charge in [-0.3, -0.25) is 4.31 Å². The fourth-order valence-electron chi connectivity index (χ4n) is 4.29. The van der Waals surface area contributed by atoms with Crippen LogP contribution in [0, 0.1) is 20.8 Å². The lowest BCUT2D eigenvalue weighted by atomic mass is 9.89. The van der Waals surface area contributed by atoms with Crippen LogP contribution in [-0.4, -0.2) is 44.7 Å². The number of aromatic nitrogens is 1. The van der Waals surface area contributed by atoms with Crippen LogP contribution >= 0.6 is 0 Å². The molecule has 25 heavy (non-hydrogen) atoms. The van der Waals surface area contributed by atoms with E-state index >= 15 is 0 Å². The SMILES string of the molecule is Cc1ccc2c(c1)[C@@H]1CN(C)CC[C@H]1N2S(=O)(=O)c1c(C)noc1C. The van der Waals surface area contributed by atoms with Gasteiger partial charge in [0.1, 0.15) is 5.69 Å². The third kappa shape index (κ3) is 2.40. The van der Waals surface area contributed by atoms with Crippen molar-refractivity contribution in [2.45, 2.75) is 44.0 Å². The Labute approximate surface area is 148 Å². The predicted octanol–water partition coefficient (Wildman–Crippen LogP) is 2.60. The molecule has 4 rings (SSSR count). The van der Waals surface area contributed by atoms with Crippen LogP contribution in [0.5, 0.6) is 0 Å². The zero-order valence-electron chi connectivity index (χ0n) is 15.0. The van der Waals surface area contributed by atoms with Crippen LogP contribution in [0.1, 0.15) is 34.9 Å². The maximum Gasteiger partial charge on any atom is 0.270 e. The Bertz CT molecular complexity index is 916. The summed E-state index contributed by atoms with van der Waals surface area (Å²) >= 11 is 0. The lowest BCUT2D eigenvalue weighted by molar-refractivity contribution is 0.237. The third-order valence-electron chi connectivity index (χ3n) is 5.39. The number of rotatable bonds is 2. The van der Waals surface area contributed by atoms with Crippen molar-refractivity contribution in [1.29, 1.82) is 0 Å². The van der Waals surface area contributed by atoms with E-state index in [1.807, 2.05) is 19.1 Å². The molecule has 2 aromatic rings. The number of likely N-dealkylation sites (tertiary alicyclic amines) is 1. The van der Waals surface area contributed by atoms with Crippen molar-refractivity contribution in [3.63, 3.8) is 0 Å². The van der Waals surface area contributed by atoms with Gasteiger partial charge >= 0.3 is 0 Å². The fourth-order valence-corrected chi connectivity index (χ4v) is 6.33. The Morgan fingerprint density at radius 3 is 2.68 bits per heavy atom. The molecule has 2 atom stereocenters. The number of hydrogen-bond acceptors (Lipinski definition) is 5. The Morgan fingerprint density at radius 2 is 2.00 bits per heavy atom. The van der Waals surface area contributed by atoms with Crippen LogP contribution in [0.2, 0.25) is 0 Å². The third-order valence-corrected chi connectivity index (χ3v) is 7.47. The molecule has 0 amide bonds. The Morgan fingerprint density at radius 1 is 1.24 bits per heavy atom. The quantitative estimate of drug-likeness (QED) is 0.822. The monoisotopic (exact) mass is 361 g/mol. The molecule has 1 fully saturated rings. The van der Waals surface area contributed by atoms with Gasteiger partial charge in [0.2, 0.25) is 0 Å². The number of hydrogen-bond donors (Lipinski definition) is 0. The molecule has 0 bridgehead atoms. The molecule has 0 unspecified atom stereocenters. The van der Waals surface area contributed by atoms with Gasteiger partial charge in [-0.15, -0.1) is 0 Å². The molecule has 2 aliphatic rings.